The molecule has 0 aliphatic carbocycles. The number of nitro benzene ring substituents is 1. The van der Waals surface area contributed by atoms with Gasteiger partial charge in [0.1, 0.15) is 6.04 Å². The van der Waals surface area contributed by atoms with E-state index in [-0.39, 0.29) is 12.3 Å². The zero-order valence-electron chi connectivity index (χ0n) is 17.8. The highest BCUT2D eigenvalue weighted by Gasteiger charge is 2.35. The van der Waals surface area contributed by atoms with E-state index in [4.69, 9.17) is 16.3 Å². The second-order valence-electron chi connectivity index (χ2n) is 7.18. The summed E-state index contributed by atoms with van der Waals surface area (Å²) < 4.78 is 6.89. The molecule has 1 aliphatic heterocycles. The van der Waals surface area contributed by atoms with E-state index >= 15 is 0 Å². The number of nitro groups is 1. The van der Waals surface area contributed by atoms with Crippen LogP contribution in [-0.2, 0) is 15.3 Å². The highest BCUT2D eigenvalue weighted by molar-refractivity contribution is 7.98. The van der Waals surface area contributed by atoms with Crippen LogP contribution in [0.25, 0.3) is 0 Å². The predicted molar refractivity (Wildman–Crippen MR) is 125 cm³/mol. The van der Waals surface area contributed by atoms with Crippen LogP contribution in [0, 0.1) is 10.1 Å². The summed E-state index contributed by atoms with van der Waals surface area (Å²) in [7, 11) is 0. The van der Waals surface area contributed by atoms with Crippen molar-refractivity contribution in [3.05, 3.63) is 86.1 Å². The second-order valence-corrected chi connectivity index (χ2v) is 8.53. The average molecular weight is 486 g/mol. The van der Waals surface area contributed by atoms with E-state index in [1.807, 2.05) is 24.3 Å². The minimum absolute atomic E-state index is 0.0409. The summed E-state index contributed by atoms with van der Waals surface area (Å²) in [4.78, 5) is 28.0. The number of carbonyl (C=O) groups is 1. The summed E-state index contributed by atoms with van der Waals surface area (Å²) in [5.41, 5.74) is 2.52. The lowest BCUT2D eigenvalue weighted by atomic mass is 9.95. The fourth-order valence-corrected chi connectivity index (χ4v) is 4.62. The monoisotopic (exact) mass is 485 g/mol. The van der Waals surface area contributed by atoms with Gasteiger partial charge in [-0.2, -0.15) is 4.98 Å². The molecule has 0 amide bonds. The van der Waals surface area contributed by atoms with Crippen LogP contribution >= 0.6 is 23.4 Å². The number of halogens is 1. The Bertz CT molecular complexity index is 1240. The van der Waals surface area contributed by atoms with Crippen molar-refractivity contribution in [3.63, 3.8) is 0 Å². The number of allylic oxidation sites excluding steroid dienone is 1. The van der Waals surface area contributed by atoms with Gasteiger partial charge in [-0.3, -0.25) is 10.1 Å². The molecule has 1 unspecified atom stereocenters. The molecule has 2 heterocycles. The van der Waals surface area contributed by atoms with Crippen LogP contribution in [0.2, 0.25) is 5.02 Å². The molecule has 0 saturated heterocycles. The van der Waals surface area contributed by atoms with Crippen LogP contribution in [0.3, 0.4) is 0 Å². The molecule has 9 nitrogen and oxygen atoms in total. The van der Waals surface area contributed by atoms with Crippen LogP contribution in [0.4, 0.5) is 11.6 Å². The van der Waals surface area contributed by atoms with Gasteiger partial charge in [0.15, 0.2) is 0 Å². The minimum Gasteiger partial charge on any atom is -0.463 e. The molecule has 1 atom stereocenters. The molecular formula is C22H20ClN5O4S. The van der Waals surface area contributed by atoms with Crippen molar-refractivity contribution in [2.45, 2.75) is 30.8 Å². The number of rotatable bonds is 7. The average Bonchev–Trinajstić information content (AvgIpc) is 3.20. The second kappa shape index (κ2) is 9.63. The maximum atomic E-state index is 12.8. The quantitative estimate of drug-likeness (QED) is 0.216. The van der Waals surface area contributed by atoms with Crippen LogP contribution in [0.1, 0.15) is 31.0 Å². The Hall–Kier alpha value is -3.37. The van der Waals surface area contributed by atoms with Crippen molar-refractivity contribution in [2.24, 2.45) is 0 Å². The highest BCUT2D eigenvalue weighted by atomic mass is 35.5. The van der Waals surface area contributed by atoms with Gasteiger partial charge in [0.25, 0.3) is 5.69 Å². The van der Waals surface area contributed by atoms with Crippen LogP contribution in [0.15, 0.2) is 65.0 Å². The van der Waals surface area contributed by atoms with Gasteiger partial charge < -0.3 is 10.1 Å². The third-order valence-electron chi connectivity index (χ3n) is 5.06. The third-order valence-corrected chi connectivity index (χ3v) is 6.32. The maximum Gasteiger partial charge on any atom is 0.338 e. The Balaban J connectivity index is 1.71. The standard InChI is InChI=1S/C22H20ClN5O4S/c1-3-32-20(29)18-13(2)24-21-25-22(33-12-15-6-4-5-7-17(15)23)26-27(21)19(18)14-8-10-16(11-9-14)28(30)31/h4-11,19H,3,12H2,1-2H3,(H,24,25,26). The van der Waals surface area contributed by atoms with Gasteiger partial charge in [0, 0.05) is 28.6 Å². The number of esters is 1. The summed E-state index contributed by atoms with van der Waals surface area (Å²) in [5, 5.41) is 20.0. The first kappa shape index (κ1) is 22.8. The Morgan fingerprint density at radius 2 is 2.00 bits per heavy atom. The van der Waals surface area contributed by atoms with Gasteiger partial charge in [-0.1, -0.05) is 41.6 Å². The smallest absolute Gasteiger partial charge is 0.338 e. The number of fused-ring (bicyclic) bond motifs is 1. The molecule has 2 aromatic carbocycles. The minimum atomic E-state index is -0.650. The molecule has 0 saturated carbocycles. The molecule has 170 valence electrons. The summed E-state index contributed by atoms with van der Waals surface area (Å²) in [6.07, 6.45) is 0. The number of hydrogen-bond acceptors (Lipinski definition) is 8. The number of nitrogens with one attached hydrogen (secondary N) is 1. The van der Waals surface area contributed by atoms with Crippen molar-refractivity contribution < 1.29 is 14.5 Å². The molecule has 11 heteroatoms. The van der Waals surface area contributed by atoms with E-state index in [0.717, 1.165) is 5.56 Å². The van der Waals surface area contributed by atoms with Crippen molar-refractivity contribution in [1.29, 1.82) is 0 Å². The molecular weight excluding hydrogens is 466 g/mol. The summed E-state index contributed by atoms with van der Waals surface area (Å²) >= 11 is 7.67. The lowest BCUT2D eigenvalue weighted by molar-refractivity contribution is -0.384. The summed E-state index contributed by atoms with van der Waals surface area (Å²) in [6, 6.07) is 12.9. The number of nitrogens with zero attached hydrogens (tertiary/aromatic N) is 4. The highest BCUT2D eigenvalue weighted by Crippen LogP contribution is 2.37. The Labute approximate surface area is 199 Å². The predicted octanol–water partition coefficient (Wildman–Crippen LogP) is 4.98. The van der Waals surface area contributed by atoms with Crippen molar-refractivity contribution in [3.8, 4) is 0 Å². The number of aromatic nitrogens is 3. The van der Waals surface area contributed by atoms with Crippen molar-refractivity contribution >= 4 is 41.0 Å². The van der Waals surface area contributed by atoms with E-state index in [1.54, 1.807) is 30.7 Å². The maximum absolute atomic E-state index is 12.8. The fraction of sp³-hybridized carbons (Fsp3) is 0.227. The molecule has 1 N–H and O–H groups in total. The molecule has 1 aliphatic rings. The van der Waals surface area contributed by atoms with Crippen LogP contribution < -0.4 is 5.32 Å². The van der Waals surface area contributed by atoms with E-state index in [0.29, 0.717) is 38.7 Å². The lowest BCUT2D eigenvalue weighted by Crippen LogP contribution is -2.29. The fourth-order valence-electron chi connectivity index (χ4n) is 3.51. The molecule has 0 radical (unpaired) electrons. The zero-order chi connectivity index (χ0) is 23.5. The molecule has 33 heavy (non-hydrogen) atoms. The Morgan fingerprint density at radius 3 is 2.67 bits per heavy atom. The normalized spacial score (nSPS) is 15.1. The van der Waals surface area contributed by atoms with Crippen molar-refractivity contribution in [1.82, 2.24) is 14.8 Å². The van der Waals surface area contributed by atoms with Gasteiger partial charge in [-0.05, 0) is 43.2 Å². The summed E-state index contributed by atoms with van der Waals surface area (Å²) in [6.45, 7) is 3.71. The Kier molecular flexibility index (Phi) is 6.66. The first-order valence-corrected chi connectivity index (χ1v) is 11.5. The topological polar surface area (TPSA) is 112 Å². The van der Waals surface area contributed by atoms with Gasteiger partial charge in [0.05, 0.1) is 17.1 Å². The van der Waals surface area contributed by atoms with Gasteiger partial charge >= 0.3 is 5.97 Å². The summed E-state index contributed by atoms with van der Waals surface area (Å²) in [5.74, 6) is 0.547. The van der Waals surface area contributed by atoms with E-state index < -0.39 is 16.9 Å². The number of non-ortho nitro benzene ring substituents is 1. The lowest BCUT2D eigenvalue weighted by Gasteiger charge is -2.28. The van der Waals surface area contributed by atoms with E-state index in [9.17, 15) is 14.9 Å². The van der Waals surface area contributed by atoms with E-state index in [2.05, 4.69) is 15.4 Å². The molecule has 4 rings (SSSR count). The molecule has 0 fully saturated rings. The molecule has 0 spiro atoms. The number of thioether (sulfide) groups is 1. The van der Waals surface area contributed by atoms with Gasteiger partial charge in [-0.15, -0.1) is 5.10 Å². The zero-order valence-corrected chi connectivity index (χ0v) is 19.4. The van der Waals surface area contributed by atoms with Crippen LogP contribution in [0.5, 0.6) is 0 Å². The first-order valence-electron chi connectivity index (χ1n) is 10.1. The molecule has 1 aromatic heterocycles. The number of ether oxygens (including phenoxy) is 1. The number of benzene rings is 2. The molecule has 3 aromatic rings. The van der Waals surface area contributed by atoms with Gasteiger partial charge in [0.2, 0.25) is 11.1 Å². The molecule has 0 bridgehead atoms. The number of carbonyl (C=O) groups excluding carboxylic acids is 1. The van der Waals surface area contributed by atoms with Crippen LogP contribution in [-0.4, -0.2) is 32.3 Å². The number of anilines is 1. The third kappa shape index (κ3) is 4.71. The SMILES string of the molecule is CCOC(=O)C1=C(C)Nc2nc(SCc3ccccc3Cl)nn2C1c1ccc([N+](=O)[O-])cc1. The van der Waals surface area contributed by atoms with Gasteiger partial charge in [-0.25, -0.2) is 9.48 Å². The largest absolute Gasteiger partial charge is 0.463 e. The Morgan fingerprint density at radius 1 is 1.27 bits per heavy atom. The van der Waals surface area contributed by atoms with E-state index in [1.165, 1.54) is 23.9 Å². The number of hydrogen-bond donors (Lipinski definition) is 1. The van der Waals surface area contributed by atoms with Crippen molar-refractivity contribution in [2.75, 3.05) is 11.9 Å². The first-order chi connectivity index (χ1) is 15.9.